The third-order valence-electron chi connectivity index (χ3n) is 5.55. The van der Waals surface area contributed by atoms with Crippen molar-refractivity contribution in [1.29, 1.82) is 0 Å². The summed E-state index contributed by atoms with van der Waals surface area (Å²) in [7, 11) is 3.17. The van der Waals surface area contributed by atoms with E-state index in [4.69, 9.17) is 21.1 Å². The van der Waals surface area contributed by atoms with Crippen molar-refractivity contribution in [2.75, 3.05) is 33.9 Å². The molecule has 0 unspecified atom stereocenters. The van der Waals surface area contributed by atoms with Crippen molar-refractivity contribution in [2.24, 2.45) is 11.0 Å². The van der Waals surface area contributed by atoms with Gasteiger partial charge in [0.25, 0.3) is 5.91 Å². The fourth-order valence-corrected chi connectivity index (χ4v) is 4.10. The molecule has 0 aliphatic carbocycles. The summed E-state index contributed by atoms with van der Waals surface area (Å²) in [4.78, 5) is 27.7. The monoisotopic (exact) mass is 471 g/mol. The predicted molar refractivity (Wildman–Crippen MR) is 128 cm³/mol. The molecule has 1 aliphatic rings. The highest BCUT2D eigenvalue weighted by atomic mass is 35.5. The number of ether oxygens (including phenoxy) is 2. The summed E-state index contributed by atoms with van der Waals surface area (Å²) < 4.78 is 10.7. The molecule has 176 valence electrons. The van der Waals surface area contributed by atoms with Crippen molar-refractivity contribution in [3.05, 3.63) is 64.7 Å². The summed E-state index contributed by atoms with van der Waals surface area (Å²) in [6.07, 6.45) is 0.478. The van der Waals surface area contributed by atoms with Gasteiger partial charge in [0, 0.05) is 42.1 Å². The minimum Gasteiger partial charge on any atom is -0.496 e. The Balaban J connectivity index is 1.96. The van der Waals surface area contributed by atoms with E-state index >= 15 is 0 Å². The van der Waals surface area contributed by atoms with Crippen LogP contribution in [-0.2, 0) is 14.3 Å². The standard InChI is InChI=1S/C25H30ClN3O4/c1-17(2)25(31)28(13-14-32-3)16-24(30)29-22(19-10-6-8-12-23(19)33-4)15-21(27-29)18-9-5-7-11-20(18)26/h5-12,17,22H,13-16H2,1-4H3/t22-/m1/s1. The summed E-state index contributed by atoms with van der Waals surface area (Å²) in [5, 5.41) is 6.71. The van der Waals surface area contributed by atoms with Crippen molar-refractivity contribution in [2.45, 2.75) is 26.3 Å². The summed E-state index contributed by atoms with van der Waals surface area (Å²) >= 11 is 6.43. The molecule has 2 aromatic carbocycles. The van der Waals surface area contributed by atoms with Crippen molar-refractivity contribution >= 4 is 29.1 Å². The number of carbonyl (C=O) groups is 2. The van der Waals surface area contributed by atoms with E-state index in [1.54, 1.807) is 20.3 Å². The molecule has 0 aromatic heterocycles. The molecule has 1 heterocycles. The number of carbonyl (C=O) groups excluding carboxylic acids is 2. The molecule has 33 heavy (non-hydrogen) atoms. The quantitative estimate of drug-likeness (QED) is 0.550. The van der Waals surface area contributed by atoms with Gasteiger partial charge in [-0.3, -0.25) is 9.59 Å². The van der Waals surface area contributed by atoms with Gasteiger partial charge in [0.2, 0.25) is 5.91 Å². The molecule has 3 rings (SSSR count). The molecule has 0 saturated heterocycles. The highest BCUT2D eigenvalue weighted by Gasteiger charge is 2.36. The van der Waals surface area contributed by atoms with E-state index in [1.165, 1.54) is 9.91 Å². The van der Waals surface area contributed by atoms with E-state index < -0.39 is 0 Å². The molecule has 2 aromatic rings. The van der Waals surface area contributed by atoms with E-state index in [-0.39, 0.29) is 30.3 Å². The zero-order chi connectivity index (χ0) is 24.0. The van der Waals surface area contributed by atoms with Gasteiger partial charge >= 0.3 is 0 Å². The second kappa shape index (κ2) is 11.3. The molecular weight excluding hydrogens is 442 g/mol. The number of rotatable bonds is 9. The van der Waals surface area contributed by atoms with Crippen LogP contribution in [0.15, 0.2) is 53.6 Å². The maximum Gasteiger partial charge on any atom is 0.262 e. The van der Waals surface area contributed by atoms with Crippen LogP contribution in [0.1, 0.15) is 37.4 Å². The third kappa shape index (κ3) is 5.72. The first-order valence-corrected chi connectivity index (χ1v) is 11.3. The van der Waals surface area contributed by atoms with Crippen molar-refractivity contribution in [3.8, 4) is 5.75 Å². The maximum atomic E-state index is 13.5. The van der Waals surface area contributed by atoms with Gasteiger partial charge in [-0.1, -0.05) is 61.8 Å². The van der Waals surface area contributed by atoms with Gasteiger partial charge in [-0.15, -0.1) is 0 Å². The van der Waals surface area contributed by atoms with Crippen LogP contribution in [0.3, 0.4) is 0 Å². The van der Waals surface area contributed by atoms with Crippen LogP contribution in [0, 0.1) is 5.92 Å². The molecule has 0 spiro atoms. The normalized spacial score (nSPS) is 15.5. The van der Waals surface area contributed by atoms with Crippen LogP contribution in [0.5, 0.6) is 5.75 Å². The molecule has 0 radical (unpaired) electrons. The second-order valence-electron chi connectivity index (χ2n) is 8.13. The molecule has 0 fully saturated rings. The highest BCUT2D eigenvalue weighted by molar-refractivity contribution is 6.34. The average Bonchev–Trinajstić information content (AvgIpc) is 3.26. The zero-order valence-electron chi connectivity index (χ0n) is 19.5. The van der Waals surface area contributed by atoms with E-state index in [9.17, 15) is 9.59 Å². The van der Waals surface area contributed by atoms with Crippen LogP contribution in [0.2, 0.25) is 5.02 Å². The van der Waals surface area contributed by atoms with Crippen LogP contribution in [0.4, 0.5) is 0 Å². The Morgan fingerprint density at radius 3 is 2.52 bits per heavy atom. The fraction of sp³-hybridized carbons (Fsp3) is 0.400. The smallest absolute Gasteiger partial charge is 0.262 e. The SMILES string of the molecule is COCCN(CC(=O)N1N=C(c2ccccc2Cl)C[C@@H]1c1ccccc1OC)C(=O)C(C)C. The van der Waals surface area contributed by atoms with Crippen LogP contribution in [-0.4, -0.2) is 61.4 Å². The fourth-order valence-electron chi connectivity index (χ4n) is 3.85. The van der Waals surface area contributed by atoms with Gasteiger partial charge in [-0.2, -0.15) is 5.10 Å². The van der Waals surface area contributed by atoms with Gasteiger partial charge in [0.05, 0.1) is 25.5 Å². The van der Waals surface area contributed by atoms with Crippen LogP contribution in [0.25, 0.3) is 0 Å². The average molecular weight is 472 g/mol. The van der Waals surface area contributed by atoms with Crippen LogP contribution < -0.4 is 4.74 Å². The zero-order valence-corrected chi connectivity index (χ0v) is 20.2. The Hall–Kier alpha value is -2.90. The molecule has 0 N–H and O–H groups in total. The Morgan fingerprint density at radius 2 is 1.85 bits per heavy atom. The van der Waals surface area contributed by atoms with Crippen molar-refractivity contribution in [1.82, 2.24) is 9.91 Å². The first-order chi connectivity index (χ1) is 15.9. The van der Waals surface area contributed by atoms with Gasteiger partial charge < -0.3 is 14.4 Å². The maximum absolute atomic E-state index is 13.5. The first-order valence-electron chi connectivity index (χ1n) is 10.9. The number of nitrogens with zero attached hydrogens (tertiary/aromatic N) is 3. The summed E-state index contributed by atoms with van der Waals surface area (Å²) in [5.74, 6) is 0.0487. The molecular formula is C25H30ClN3O4. The van der Waals surface area contributed by atoms with E-state index in [0.29, 0.717) is 36.1 Å². The summed E-state index contributed by atoms with van der Waals surface area (Å²) in [5.41, 5.74) is 2.34. The molecule has 0 saturated carbocycles. The lowest BCUT2D eigenvalue weighted by atomic mass is 9.97. The molecule has 7 nitrogen and oxygen atoms in total. The Labute approximate surface area is 199 Å². The van der Waals surface area contributed by atoms with Crippen molar-refractivity contribution in [3.63, 3.8) is 0 Å². The van der Waals surface area contributed by atoms with Gasteiger partial charge in [0.15, 0.2) is 0 Å². The molecule has 1 aliphatic heterocycles. The number of benzene rings is 2. The summed E-state index contributed by atoms with van der Waals surface area (Å²) in [6, 6.07) is 14.6. The largest absolute Gasteiger partial charge is 0.496 e. The lowest BCUT2D eigenvalue weighted by molar-refractivity contribution is -0.143. The number of hydrogen-bond acceptors (Lipinski definition) is 5. The minimum atomic E-state index is -0.377. The van der Waals surface area contributed by atoms with Gasteiger partial charge in [0.1, 0.15) is 12.3 Å². The van der Waals surface area contributed by atoms with Crippen molar-refractivity contribution < 1.29 is 19.1 Å². The molecule has 8 heteroatoms. The van der Waals surface area contributed by atoms with E-state index in [2.05, 4.69) is 5.10 Å². The van der Waals surface area contributed by atoms with E-state index in [0.717, 1.165) is 11.1 Å². The van der Waals surface area contributed by atoms with Gasteiger partial charge in [-0.05, 0) is 12.1 Å². The topological polar surface area (TPSA) is 71.4 Å². The highest BCUT2D eigenvalue weighted by Crippen LogP contribution is 2.38. The third-order valence-corrected chi connectivity index (χ3v) is 5.88. The second-order valence-corrected chi connectivity index (χ2v) is 8.54. The molecule has 0 bridgehead atoms. The number of amides is 2. The lowest BCUT2D eigenvalue weighted by Gasteiger charge is -2.28. The lowest BCUT2D eigenvalue weighted by Crippen LogP contribution is -2.44. The van der Waals surface area contributed by atoms with E-state index in [1.807, 2.05) is 56.3 Å². The Morgan fingerprint density at radius 1 is 1.15 bits per heavy atom. The number of hydrogen-bond donors (Lipinski definition) is 0. The Kier molecular flexibility index (Phi) is 8.47. The minimum absolute atomic E-state index is 0.0919. The summed E-state index contributed by atoms with van der Waals surface area (Å²) in [6.45, 7) is 4.20. The number of hydrazone groups is 1. The molecule has 2 amide bonds. The predicted octanol–water partition coefficient (Wildman–Crippen LogP) is 4.16. The van der Waals surface area contributed by atoms with Crippen LogP contribution >= 0.6 is 11.6 Å². The molecule has 1 atom stereocenters. The van der Waals surface area contributed by atoms with Gasteiger partial charge in [-0.25, -0.2) is 5.01 Å². The number of methoxy groups -OCH3 is 2. The number of para-hydroxylation sites is 1. The number of halogens is 1. The Bertz CT molecular complexity index is 1020. The first kappa shape index (κ1) is 24.7.